The van der Waals surface area contributed by atoms with Crippen molar-refractivity contribution in [1.29, 1.82) is 0 Å². The van der Waals surface area contributed by atoms with Gasteiger partial charge in [0.15, 0.2) is 0 Å². The molecule has 2 nitrogen and oxygen atoms in total. The van der Waals surface area contributed by atoms with Gasteiger partial charge in [0.25, 0.3) is 0 Å². The Morgan fingerprint density at radius 1 is 1.10 bits per heavy atom. The van der Waals surface area contributed by atoms with Gasteiger partial charge in [-0.15, -0.1) is 0 Å². The fourth-order valence-corrected chi connectivity index (χ4v) is 3.66. The van der Waals surface area contributed by atoms with Crippen molar-refractivity contribution in [3.05, 3.63) is 66.0 Å². The molecule has 108 valence electrons. The Balaban J connectivity index is 1.39. The van der Waals surface area contributed by atoms with Gasteiger partial charge in [0, 0.05) is 36.3 Å². The Labute approximate surface area is 126 Å². The number of rotatable bonds is 5. The molecule has 1 N–H and O–H groups in total. The Morgan fingerprint density at radius 2 is 1.95 bits per heavy atom. The van der Waals surface area contributed by atoms with Crippen molar-refractivity contribution >= 4 is 0 Å². The molecule has 0 saturated heterocycles. The lowest BCUT2D eigenvalue weighted by atomic mass is 9.65. The zero-order valence-electron chi connectivity index (χ0n) is 12.3. The number of hydrogen-bond donors (Lipinski definition) is 1. The van der Waals surface area contributed by atoms with Crippen LogP contribution in [0.5, 0.6) is 0 Å². The van der Waals surface area contributed by atoms with Gasteiger partial charge in [0.2, 0.25) is 0 Å². The van der Waals surface area contributed by atoms with Crippen LogP contribution in [0.3, 0.4) is 0 Å². The summed E-state index contributed by atoms with van der Waals surface area (Å²) in [4.78, 5) is 4.31. The molecule has 21 heavy (non-hydrogen) atoms. The Kier molecular flexibility index (Phi) is 3.27. The molecule has 2 fully saturated rings. The van der Waals surface area contributed by atoms with Gasteiger partial charge in [-0.2, -0.15) is 0 Å². The van der Waals surface area contributed by atoms with Gasteiger partial charge in [-0.1, -0.05) is 42.8 Å². The molecule has 1 aromatic heterocycles. The highest BCUT2D eigenvalue weighted by Gasteiger charge is 2.43. The summed E-state index contributed by atoms with van der Waals surface area (Å²) in [5.41, 5.74) is 3.25. The maximum atomic E-state index is 4.31. The molecule has 2 atom stereocenters. The van der Waals surface area contributed by atoms with Crippen molar-refractivity contribution in [2.75, 3.05) is 6.54 Å². The highest BCUT2D eigenvalue weighted by Crippen LogP contribution is 2.45. The van der Waals surface area contributed by atoms with E-state index >= 15 is 0 Å². The SMILES string of the molecule is c1ccc([C@H]2C[C@@H]2NCC2(c3cccnc3)CCC2)cc1. The van der Waals surface area contributed by atoms with Crippen molar-refractivity contribution in [1.82, 2.24) is 10.3 Å². The Morgan fingerprint density at radius 3 is 2.62 bits per heavy atom. The van der Waals surface area contributed by atoms with Gasteiger partial charge in [0.1, 0.15) is 0 Å². The average molecular weight is 278 g/mol. The first-order valence-electron chi connectivity index (χ1n) is 8.06. The maximum absolute atomic E-state index is 4.31. The summed E-state index contributed by atoms with van der Waals surface area (Å²) in [6.45, 7) is 1.10. The topological polar surface area (TPSA) is 24.9 Å². The van der Waals surface area contributed by atoms with Gasteiger partial charge in [-0.3, -0.25) is 4.98 Å². The van der Waals surface area contributed by atoms with E-state index in [9.17, 15) is 0 Å². The van der Waals surface area contributed by atoms with E-state index < -0.39 is 0 Å². The summed E-state index contributed by atoms with van der Waals surface area (Å²) in [6.07, 6.45) is 9.16. The van der Waals surface area contributed by atoms with Crippen LogP contribution < -0.4 is 5.32 Å². The van der Waals surface area contributed by atoms with E-state index in [0.29, 0.717) is 11.5 Å². The molecular formula is C19H22N2. The minimum absolute atomic E-state index is 0.345. The second-order valence-corrected chi connectivity index (χ2v) is 6.62. The normalized spacial score (nSPS) is 26.1. The standard InChI is InChI=1S/C19H22N2/c1-2-6-15(7-3-1)17-12-18(17)21-14-19(9-5-10-19)16-8-4-11-20-13-16/h1-4,6-8,11,13,17-18,21H,5,9-10,12,14H2/t17-,18+/m1/s1. The molecule has 0 bridgehead atoms. The molecule has 0 aliphatic heterocycles. The molecule has 2 saturated carbocycles. The quantitative estimate of drug-likeness (QED) is 0.903. The number of pyridine rings is 1. The van der Waals surface area contributed by atoms with E-state index in [1.54, 1.807) is 0 Å². The molecule has 0 amide bonds. The van der Waals surface area contributed by atoms with Gasteiger partial charge < -0.3 is 5.32 Å². The Hall–Kier alpha value is -1.67. The lowest BCUT2D eigenvalue weighted by Gasteiger charge is -2.42. The predicted molar refractivity (Wildman–Crippen MR) is 85.4 cm³/mol. The van der Waals surface area contributed by atoms with Crippen LogP contribution in [0.1, 0.15) is 42.7 Å². The summed E-state index contributed by atoms with van der Waals surface area (Å²) in [5, 5.41) is 3.82. The van der Waals surface area contributed by atoms with Crippen LogP contribution in [-0.4, -0.2) is 17.6 Å². The minimum atomic E-state index is 0.345. The third-order valence-electron chi connectivity index (χ3n) is 5.31. The van der Waals surface area contributed by atoms with Crippen molar-refractivity contribution < 1.29 is 0 Å². The zero-order chi connectivity index (χ0) is 14.1. The first kappa shape index (κ1) is 13.0. The maximum Gasteiger partial charge on any atom is 0.0306 e. The van der Waals surface area contributed by atoms with Crippen LogP contribution in [0.4, 0.5) is 0 Å². The van der Waals surface area contributed by atoms with E-state index in [4.69, 9.17) is 0 Å². The monoisotopic (exact) mass is 278 g/mol. The number of aromatic nitrogens is 1. The van der Waals surface area contributed by atoms with E-state index in [2.05, 4.69) is 59.0 Å². The molecular weight excluding hydrogens is 256 g/mol. The molecule has 4 rings (SSSR count). The number of nitrogens with one attached hydrogen (secondary N) is 1. The average Bonchev–Trinajstić information content (AvgIpc) is 3.28. The van der Waals surface area contributed by atoms with Crippen molar-refractivity contribution in [3.8, 4) is 0 Å². The van der Waals surface area contributed by atoms with Gasteiger partial charge in [-0.05, 0) is 36.5 Å². The van der Waals surface area contributed by atoms with Crippen LogP contribution in [-0.2, 0) is 5.41 Å². The summed E-state index contributed by atoms with van der Waals surface area (Å²) in [7, 11) is 0. The highest BCUT2D eigenvalue weighted by atomic mass is 15.0. The van der Waals surface area contributed by atoms with E-state index in [1.807, 2.05) is 6.20 Å². The number of hydrogen-bond acceptors (Lipinski definition) is 2. The number of benzene rings is 1. The fourth-order valence-electron chi connectivity index (χ4n) is 3.66. The van der Waals surface area contributed by atoms with E-state index in [1.165, 1.54) is 36.8 Å². The van der Waals surface area contributed by atoms with Gasteiger partial charge >= 0.3 is 0 Å². The first-order valence-corrected chi connectivity index (χ1v) is 8.06. The predicted octanol–water partition coefficient (Wildman–Crippen LogP) is 3.65. The second-order valence-electron chi connectivity index (χ2n) is 6.62. The van der Waals surface area contributed by atoms with Gasteiger partial charge in [0.05, 0.1) is 0 Å². The van der Waals surface area contributed by atoms with Gasteiger partial charge in [-0.25, -0.2) is 0 Å². The minimum Gasteiger partial charge on any atom is -0.312 e. The largest absolute Gasteiger partial charge is 0.312 e. The lowest BCUT2D eigenvalue weighted by molar-refractivity contribution is 0.232. The van der Waals surface area contributed by atoms with E-state index in [-0.39, 0.29) is 0 Å². The lowest BCUT2D eigenvalue weighted by Crippen LogP contribution is -2.44. The van der Waals surface area contributed by atoms with E-state index in [0.717, 1.165) is 12.5 Å². The molecule has 0 radical (unpaired) electrons. The molecule has 2 aliphatic rings. The molecule has 1 heterocycles. The zero-order valence-corrected chi connectivity index (χ0v) is 12.3. The highest BCUT2D eigenvalue weighted by molar-refractivity contribution is 5.29. The molecule has 2 aromatic rings. The van der Waals surface area contributed by atoms with Crippen LogP contribution in [0, 0.1) is 0 Å². The molecule has 2 heteroatoms. The van der Waals surface area contributed by atoms with Crippen LogP contribution in [0.2, 0.25) is 0 Å². The molecule has 2 aliphatic carbocycles. The van der Waals surface area contributed by atoms with Crippen LogP contribution in [0.15, 0.2) is 54.9 Å². The molecule has 1 aromatic carbocycles. The van der Waals surface area contributed by atoms with Crippen molar-refractivity contribution in [3.63, 3.8) is 0 Å². The summed E-state index contributed by atoms with van der Waals surface area (Å²) >= 11 is 0. The van der Waals surface area contributed by atoms with Crippen molar-refractivity contribution in [2.24, 2.45) is 0 Å². The summed E-state index contributed by atoms with van der Waals surface area (Å²) in [6, 6.07) is 15.9. The van der Waals surface area contributed by atoms with Crippen molar-refractivity contribution in [2.45, 2.75) is 43.1 Å². The Bertz CT molecular complexity index is 589. The number of nitrogens with zero attached hydrogens (tertiary/aromatic N) is 1. The summed E-state index contributed by atoms with van der Waals surface area (Å²) in [5.74, 6) is 0.720. The molecule has 0 unspecified atom stereocenters. The second kappa shape index (κ2) is 5.27. The smallest absolute Gasteiger partial charge is 0.0306 e. The molecule has 0 spiro atoms. The fraction of sp³-hybridized carbons (Fsp3) is 0.421. The third-order valence-corrected chi connectivity index (χ3v) is 5.31. The first-order chi connectivity index (χ1) is 10.4. The van der Waals surface area contributed by atoms with Crippen LogP contribution in [0.25, 0.3) is 0 Å². The summed E-state index contributed by atoms with van der Waals surface area (Å²) < 4.78 is 0. The third kappa shape index (κ3) is 2.49. The van der Waals surface area contributed by atoms with Crippen LogP contribution >= 0.6 is 0 Å².